The maximum Gasteiger partial charge on any atom is 0.410 e. The van der Waals surface area contributed by atoms with Crippen molar-refractivity contribution in [1.82, 2.24) is 31.5 Å². The van der Waals surface area contributed by atoms with Crippen LogP contribution in [0.5, 0.6) is 0 Å². The lowest BCUT2D eigenvalue weighted by Gasteiger charge is -2.52. The van der Waals surface area contributed by atoms with E-state index in [9.17, 15) is 28.8 Å². The van der Waals surface area contributed by atoms with Gasteiger partial charge in [0, 0.05) is 32.5 Å². The summed E-state index contributed by atoms with van der Waals surface area (Å²) >= 11 is 0. The molecular weight excluding hydrogens is 620 g/mol. The van der Waals surface area contributed by atoms with Gasteiger partial charge in [-0.1, -0.05) is 44.2 Å². The molecule has 3 rings (SSSR count). The summed E-state index contributed by atoms with van der Waals surface area (Å²) < 4.78 is 10.9. The minimum Gasteiger partial charge on any atom is -0.460 e. The average Bonchev–Trinajstić information content (AvgIpc) is 2.94. The van der Waals surface area contributed by atoms with E-state index >= 15 is 0 Å². The van der Waals surface area contributed by atoms with E-state index in [1.54, 1.807) is 65.8 Å². The number of carbonyl (C=O) groups excluding carboxylic acids is 6. The van der Waals surface area contributed by atoms with Crippen LogP contribution in [-0.4, -0.2) is 102 Å². The van der Waals surface area contributed by atoms with Gasteiger partial charge in [0.25, 0.3) is 0 Å². The lowest BCUT2D eigenvalue weighted by atomic mass is 9.86. The van der Waals surface area contributed by atoms with Gasteiger partial charge in [-0.15, -0.1) is 0 Å². The van der Waals surface area contributed by atoms with Crippen LogP contribution in [0.25, 0.3) is 0 Å². The molecule has 3 atom stereocenters. The number of likely N-dealkylation sites (tertiary alicyclic amines) is 1. The van der Waals surface area contributed by atoms with Crippen molar-refractivity contribution in [3.63, 3.8) is 0 Å². The Morgan fingerprint density at radius 2 is 1.48 bits per heavy atom. The van der Waals surface area contributed by atoms with Crippen LogP contribution in [0.4, 0.5) is 4.79 Å². The SMILES string of the molecule is CC(C)[C@@H]1NC2(CNC(=O)[C@H](CCC(=O)OC(C)(C)C)NC(=O)[C@H](Cc3ccccc3)NC(=O)CNC1=O)CN(C(=O)OC(C)(C)C)C2. The smallest absolute Gasteiger partial charge is 0.410 e. The van der Waals surface area contributed by atoms with E-state index in [-0.39, 0.29) is 44.8 Å². The molecule has 48 heavy (non-hydrogen) atoms. The minimum absolute atomic E-state index is 0.00887. The maximum absolute atomic E-state index is 13.8. The van der Waals surface area contributed by atoms with Crippen LogP contribution in [0.1, 0.15) is 73.8 Å². The van der Waals surface area contributed by atoms with Crippen LogP contribution < -0.4 is 26.6 Å². The first kappa shape index (κ1) is 38.2. The lowest BCUT2D eigenvalue weighted by Crippen LogP contribution is -2.77. The highest BCUT2D eigenvalue weighted by atomic mass is 16.6. The van der Waals surface area contributed by atoms with E-state index in [4.69, 9.17) is 9.47 Å². The summed E-state index contributed by atoms with van der Waals surface area (Å²) in [5.74, 6) is -3.03. The van der Waals surface area contributed by atoms with Crippen molar-refractivity contribution in [3.8, 4) is 0 Å². The van der Waals surface area contributed by atoms with Gasteiger partial charge < -0.3 is 35.6 Å². The first-order valence-corrected chi connectivity index (χ1v) is 16.4. The molecular formula is C34H52N6O8. The van der Waals surface area contributed by atoms with Gasteiger partial charge in [0.1, 0.15) is 23.3 Å². The first-order valence-electron chi connectivity index (χ1n) is 16.4. The fraction of sp³-hybridized carbons (Fsp3) is 0.647. The number of hydrogen-bond donors (Lipinski definition) is 5. The van der Waals surface area contributed by atoms with Crippen molar-refractivity contribution in [2.24, 2.45) is 5.92 Å². The fourth-order valence-electron chi connectivity index (χ4n) is 5.42. The summed E-state index contributed by atoms with van der Waals surface area (Å²) in [5.41, 5.74) is -1.63. The molecule has 5 amide bonds. The highest BCUT2D eigenvalue weighted by Crippen LogP contribution is 2.25. The molecule has 1 spiro atoms. The molecule has 5 N–H and O–H groups in total. The zero-order chi connectivity index (χ0) is 35.9. The van der Waals surface area contributed by atoms with Crippen molar-refractivity contribution in [1.29, 1.82) is 0 Å². The molecule has 2 aliphatic heterocycles. The van der Waals surface area contributed by atoms with E-state index in [2.05, 4.69) is 26.6 Å². The Morgan fingerprint density at radius 1 is 0.854 bits per heavy atom. The molecule has 14 heteroatoms. The molecule has 0 aromatic heterocycles. The molecule has 0 radical (unpaired) electrons. The van der Waals surface area contributed by atoms with Crippen molar-refractivity contribution in [2.75, 3.05) is 26.2 Å². The number of ether oxygens (including phenoxy) is 2. The third-order valence-corrected chi connectivity index (χ3v) is 7.70. The summed E-state index contributed by atoms with van der Waals surface area (Å²) in [5, 5.41) is 14.3. The molecule has 0 bridgehead atoms. The van der Waals surface area contributed by atoms with E-state index in [1.807, 2.05) is 19.9 Å². The second-order valence-corrected chi connectivity index (χ2v) is 14.9. The number of nitrogens with zero attached hydrogens (tertiary/aromatic N) is 1. The second-order valence-electron chi connectivity index (χ2n) is 14.9. The summed E-state index contributed by atoms with van der Waals surface area (Å²) in [6.07, 6.45) is -0.648. The number of benzene rings is 1. The molecule has 1 aromatic rings. The quantitative estimate of drug-likeness (QED) is 0.277. The van der Waals surface area contributed by atoms with E-state index in [1.165, 1.54) is 4.90 Å². The molecule has 14 nitrogen and oxygen atoms in total. The number of nitrogens with one attached hydrogen (secondary N) is 5. The Morgan fingerprint density at radius 3 is 2.06 bits per heavy atom. The third-order valence-electron chi connectivity index (χ3n) is 7.70. The Balaban J connectivity index is 1.92. The zero-order valence-electron chi connectivity index (χ0n) is 29.4. The van der Waals surface area contributed by atoms with Crippen molar-refractivity contribution < 1.29 is 38.2 Å². The predicted octanol–water partition coefficient (Wildman–Crippen LogP) is 1.17. The van der Waals surface area contributed by atoms with Gasteiger partial charge in [0.2, 0.25) is 23.6 Å². The molecule has 0 saturated carbocycles. The molecule has 0 unspecified atom stereocenters. The van der Waals surface area contributed by atoms with Gasteiger partial charge >= 0.3 is 12.1 Å². The van der Waals surface area contributed by atoms with Crippen molar-refractivity contribution >= 4 is 35.7 Å². The van der Waals surface area contributed by atoms with Crippen LogP contribution in [0.2, 0.25) is 0 Å². The maximum atomic E-state index is 13.8. The van der Waals surface area contributed by atoms with Gasteiger partial charge in [-0.3, -0.25) is 29.3 Å². The van der Waals surface area contributed by atoms with Gasteiger partial charge in [-0.05, 0) is 59.4 Å². The standard InChI is InChI=1S/C34H52N6O8/c1-21(2)27-30(45)35-17-25(41)37-24(16-22-12-10-9-11-13-22)29(44)38-23(14-15-26(42)47-32(3,4)5)28(43)36-18-34(39-27)19-40(20-34)31(46)48-33(6,7)8/h9-13,21,23-24,27,39H,14-20H2,1-8H3,(H,35,45)(H,36,43)(H,37,41)(H,38,44)/t23-,24-,27-/m0/s1. The fourth-order valence-corrected chi connectivity index (χ4v) is 5.42. The number of esters is 1. The van der Waals surface area contributed by atoms with Crippen LogP contribution >= 0.6 is 0 Å². The van der Waals surface area contributed by atoms with Crippen LogP contribution in [0.15, 0.2) is 30.3 Å². The molecule has 2 saturated heterocycles. The number of hydrogen-bond acceptors (Lipinski definition) is 9. The Kier molecular flexibility index (Phi) is 12.6. The highest BCUT2D eigenvalue weighted by Gasteiger charge is 2.49. The van der Waals surface area contributed by atoms with Crippen LogP contribution in [-0.2, 0) is 39.9 Å². The lowest BCUT2D eigenvalue weighted by molar-refractivity contribution is -0.155. The Hall–Kier alpha value is -4.20. The molecule has 2 heterocycles. The van der Waals surface area contributed by atoms with E-state index in [0.717, 1.165) is 5.56 Å². The van der Waals surface area contributed by atoms with E-state index < -0.39 is 77.1 Å². The number of carbonyl (C=O) groups is 6. The molecule has 266 valence electrons. The van der Waals surface area contributed by atoms with Crippen LogP contribution in [0.3, 0.4) is 0 Å². The predicted molar refractivity (Wildman–Crippen MR) is 177 cm³/mol. The summed E-state index contributed by atoms with van der Waals surface area (Å²) in [4.78, 5) is 80.8. The topological polar surface area (TPSA) is 184 Å². The van der Waals surface area contributed by atoms with Gasteiger partial charge in [0.15, 0.2) is 0 Å². The third kappa shape index (κ3) is 11.8. The second kappa shape index (κ2) is 15.8. The Labute approximate surface area is 282 Å². The molecule has 1 aromatic carbocycles. The van der Waals surface area contributed by atoms with Gasteiger partial charge in [0.05, 0.1) is 18.1 Å². The number of amides is 5. The van der Waals surface area contributed by atoms with Crippen molar-refractivity contribution in [2.45, 2.75) is 110 Å². The molecule has 2 fully saturated rings. The zero-order valence-corrected chi connectivity index (χ0v) is 29.4. The average molecular weight is 673 g/mol. The molecule has 2 aliphatic rings. The van der Waals surface area contributed by atoms with Gasteiger partial charge in [-0.25, -0.2) is 4.79 Å². The van der Waals surface area contributed by atoms with Gasteiger partial charge in [-0.2, -0.15) is 0 Å². The van der Waals surface area contributed by atoms with Crippen molar-refractivity contribution in [3.05, 3.63) is 35.9 Å². The summed E-state index contributed by atoms with van der Waals surface area (Å²) in [6, 6.07) is 6.01. The summed E-state index contributed by atoms with van der Waals surface area (Å²) in [6.45, 7) is 14.0. The monoisotopic (exact) mass is 672 g/mol. The molecule has 0 aliphatic carbocycles. The largest absolute Gasteiger partial charge is 0.460 e. The van der Waals surface area contributed by atoms with Crippen LogP contribution in [0, 0.1) is 5.92 Å². The highest BCUT2D eigenvalue weighted by molar-refractivity contribution is 5.94. The normalized spacial score (nSPS) is 22.7. The van der Waals surface area contributed by atoms with E-state index in [0.29, 0.717) is 0 Å². The summed E-state index contributed by atoms with van der Waals surface area (Å²) in [7, 11) is 0. The minimum atomic E-state index is -1.16. The Bertz CT molecular complexity index is 1330. The number of rotatable bonds is 6. The first-order chi connectivity index (χ1) is 22.3.